The maximum atomic E-state index is 9.76. The topological polar surface area (TPSA) is 53.3 Å². The highest BCUT2D eigenvalue weighted by Crippen LogP contribution is 2.43. The molecular formula is C28H28N4OS. The fourth-order valence-corrected chi connectivity index (χ4v) is 5.27. The lowest BCUT2D eigenvalue weighted by molar-refractivity contribution is 0.475. The fourth-order valence-electron chi connectivity index (χ4n) is 4.93. The second-order valence-corrected chi connectivity index (χ2v) is 9.08. The number of nitrogens with one attached hydrogen (secondary N) is 1. The van der Waals surface area contributed by atoms with Crippen LogP contribution in [0.15, 0.2) is 79.0 Å². The average molecular weight is 469 g/mol. The van der Waals surface area contributed by atoms with E-state index in [1.807, 2.05) is 30.5 Å². The van der Waals surface area contributed by atoms with Crippen molar-refractivity contribution in [1.29, 1.82) is 0 Å². The van der Waals surface area contributed by atoms with Gasteiger partial charge in [-0.2, -0.15) is 0 Å². The SMILES string of the molecule is CCc1ccc(N2C(=S)N[C@@H](c3ccccn3)[C@@H]2c2cc(C)n(-c3ccc(O)cc3)c2C)cc1. The van der Waals surface area contributed by atoms with Crippen LogP contribution in [0.3, 0.4) is 0 Å². The van der Waals surface area contributed by atoms with Gasteiger partial charge in [0.2, 0.25) is 0 Å². The molecule has 5 rings (SSSR count). The Bertz CT molecular complexity index is 1310. The van der Waals surface area contributed by atoms with Crippen molar-refractivity contribution in [3.05, 3.63) is 107 Å². The number of aromatic nitrogens is 2. The highest BCUT2D eigenvalue weighted by molar-refractivity contribution is 7.80. The molecule has 4 aromatic rings. The molecule has 0 aliphatic carbocycles. The highest BCUT2D eigenvalue weighted by Gasteiger charge is 2.42. The number of phenolic OH excluding ortho intramolecular Hbond substituents is 1. The van der Waals surface area contributed by atoms with Gasteiger partial charge in [-0.1, -0.05) is 25.1 Å². The van der Waals surface area contributed by atoms with Gasteiger partial charge in [-0.3, -0.25) is 4.98 Å². The summed E-state index contributed by atoms with van der Waals surface area (Å²) < 4.78 is 2.23. The first-order valence-corrected chi connectivity index (χ1v) is 12.0. The van der Waals surface area contributed by atoms with E-state index < -0.39 is 0 Å². The third-order valence-electron chi connectivity index (χ3n) is 6.62. The summed E-state index contributed by atoms with van der Waals surface area (Å²) in [5.41, 5.74) is 7.77. The largest absolute Gasteiger partial charge is 0.508 e. The molecule has 0 bridgehead atoms. The minimum absolute atomic E-state index is 0.0630. The zero-order valence-corrected chi connectivity index (χ0v) is 20.4. The van der Waals surface area contributed by atoms with E-state index in [0.29, 0.717) is 5.11 Å². The van der Waals surface area contributed by atoms with Crippen LogP contribution in [-0.4, -0.2) is 19.8 Å². The first-order chi connectivity index (χ1) is 16.5. The Balaban J connectivity index is 1.66. The van der Waals surface area contributed by atoms with Gasteiger partial charge in [-0.05, 0) is 98.2 Å². The number of hydrogen-bond donors (Lipinski definition) is 2. The van der Waals surface area contributed by atoms with Gasteiger partial charge in [0.1, 0.15) is 5.75 Å². The minimum Gasteiger partial charge on any atom is -0.508 e. The number of phenols is 1. The van der Waals surface area contributed by atoms with Gasteiger partial charge in [0, 0.05) is 29.0 Å². The third-order valence-corrected chi connectivity index (χ3v) is 6.93. The van der Waals surface area contributed by atoms with Crippen molar-refractivity contribution in [2.75, 3.05) is 4.90 Å². The number of thiocarbonyl (C=S) groups is 1. The Labute approximate surface area is 205 Å². The van der Waals surface area contributed by atoms with E-state index in [4.69, 9.17) is 12.2 Å². The van der Waals surface area contributed by atoms with E-state index in [1.54, 1.807) is 12.1 Å². The van der Waals surface area contributed by atoms with Crippen LogP contribution in [0.1, 0.15) is 47.2 Å². The lowest BCUT2D eigenvalue weighted by Gasteiger charge is -2.28. The molecule has 1 aliphatic heterocycles. The monoisotopic (exact) mass is 468 g/mol. The normalized spacial score (nSPS) is 17.7. The molecule has 2 aromatic carbocycles. The molecule has 2 atom stereocenters. The maximum absolute atomic E-state index is 9.76. The second-order valence-electron chi connectivity index (χ2n) is 8.69. The van der Waals surface area contributed by atoms with Crippen molar-refractivity contribution in [3.63, 3.8) is 0 Å². The van der Waals surface area contributed by atoms with Crippen molar-refractivity contribution in [3.8, 4) is 11.4 Å². The van der Waals surface area contributed by atoms with Crippen LogP contribution in [0.5, 0.6) is 5.75 Å². The first kappa shape index (κ1) is 22.2. The van der Waals surface area contributed by atoms with E-state index in [0.717, 1.165) is 34.9 Å². The summed E-state index contributed by atoms with van der Waals surface area (Å²) in [5, 5.41) is 14.0. The van der Waals surface area contributed by atoms with Crippen LogP contribution in [0.4, 0.5) is 5.69 Å². The molecule has 3 heterocycles. The molecule has 172 valence electrons. The molecule has 34 heavy (non-hydrogen) atoms. The number of pyridine rings is 1. The van der Waals surface area contributed by atoms with Crippen LogP contribution in [0.2, 0.25) is 0 Å². The Morgan fingerprint density at radius 3 is 2.32 bits per heavy atom. The summed E-state index contributed by atoms with van der Waals surface area (Å²) in [4.78, 5) is 6.89. The Kier molecular flexibility index (Phi) is 5.84. The molecule has 1 aliphatic rings. The summed E-state index contributed by atoms with van der Waals surface area (Å²) >= 11 is 5.88. The molecule has 5 nitrogen and oxygen atoms in total. The van der Waals surface area contributed by atoms with E-state index in [9.17, 15) is 5.11 Å². The molecule has 0 amide bonds. The standard InChI is InChI=1S/C28H28N4OS/c1-4-20-8-10-22(11-9-20)32-27(26(30-28(32)34)25-7-5-6-16-29-25)24-17-18(2)31(19(24)3)21-12-14-23(33)15-13-21/h5-17,26-27,33H,4H2,1-3H3,(H,30,34)/t26-,27-/m0/s1. The van der Waals surface area contributed by atoms with E-state index >= 15 is 0 Å². The van der Waals surface area contributed by atoms with Crippen molar-refractivity contribution < 1.29 is 5.11 Å². The molecule has 0 radical (unpaired) electrons. The molecule has 0 unspecified atom stereocenters. The van der Waals surface area contributed by atoms with Crippen LogP contribution < -0.4 is 10.2 Å². The molecule has 0 spiro atoms. The number of anilines is 1. The zero-order chi connectivity index (χ0) is 23.8. The lowest BCUT2D eigenvalue weighted by Crippen LogP contribution is -2.29. The Morgan fingerprint density at radius 2 is 1.68 bits per heavy atom. The number of aromatic hydroxyl groups is 1. The van der Waals surface area contributed by atoms with Gasteiger partial charge in [0.05, 0.1) is 17.8 Å². The van der Waals surface area contributed by atoms with E-state index in [2.05, 4.69) is 76.9 Å². The average Bonchev–Trinajstić information content (AvgIpc) is 3.35. The van der Waals surface area contributed by atoms with Crippen LogP contribution in [0.25, 0.3) is 5.69 Å². The first-order valence-electron chi connectivity index (χ1n) is 11.6. The quantitative estimate of drug-likeness (QED) is 0.355. The lowest BCUT2D eigenvalue weighted by atomic mass is 9.96. The summed E-state index contributed by atoms with van der Waals surface area (Å²) in [6.07, 6.45) is 2.83. The highest BCUT2D eigenvalue weighted by atomic mass is 32.1. The third kappa shape index (κ3) is 3.84. The van der Waals surface area contributed by atoms with Crippen LogP contribution in [-0.2, 0) is 6.42 Å². The maximum Gasteiger partial charge on any atom is 0.174 e. The van der Waals surface area contributed by atoms with Gasteiger partial charge in [0.25, 0.3) is 0 Å². The van der Waals surface area contributed by atoms with Gasteiger partial charge in [-0.25, -0.2) is 0 Å². The van der Waals surface area contributed by atoms with Gasteiger partial charge in [0.15, 0.2) is 5.11 Å². The summed E-state index contributed by atoms with van der Waals surface area (Å²) in [7, 11) is 0. The smallest absolute Gasteiger partial charge is 0.174 e. The molecular weight excluding hydrogens is 440 g/mol. The predicted molar refractivity (Wildman–Crippen MR) is 141 cm³/mol. The van der Waals surface area contributed by atoms with Crippen molar-refractivity contribution in [2.45, 2.75) is 39.3 Å². The number of nitrogens with zero attached hydrogens (tertiary/aromatic N) is 3. The molecule has 1 saturated heterocycles. The molecule has 2 aromatic heterocycles. The van der Waals surface area contributed by atoms with Gasteiger partial charge < -0.3 is 19.9 Å². The molecule has 2 N–H and O–H groups in total. The number of rotatable bonds is 5. The molecule has 6 heteroatoms. The van der Waals surface area contributed by atoms with Crippen LogP contribution >= 0.6 is 12.2 Å². The summed E-state index contributed by atoms with van der Waals surface area (Å²) in [5.74, 6) is 0.258. The van der Waals surface area contributed by atoms with Crippen LogP contribution in [0, 0.1) is 13.8 Å². The second kappa shape index (κ2) is 8.95. The number of hydrogen-bond acceptors (Lipinski definition) is 3. The Hall–Kier alpha value is -3.64. The van der Waals surface area contributed by atoms with Crippen molar-refractivity contribution in [1.82, 2.24) is 14.9 Å². The van der Waals surface area contributed by atoms with Crippen molar-refractivity contribution in [2.24, 2.45) is 0 Å². The molecule has 0 saturated carbocycles. The van der Waals surface area contributed by atoms with E-state index in [1.165, 1.54) is 11.1 Å². The molecule has 1 fully saturated rings. The Morgan fingerprint density at radius 1 is 0.971 bits per heavy atom. The summed E-state index contributed by atoms with van der Waals surface area (Å²) in [6.45, 7) is 6.42. The predicted octanol–water partition coefficient (Wildman–Crippen LogP) is 5.93. The van der Waals surface area contributed by atoms with Gasteiger partial charge in [-0.15, -0.1) is 0 Å². The fraction of sp³-hybridized carbons (Fsp3) is 0.214. The number of benzene rings is 2. The van der Waals surface area contributed by atoms with Crippen molar-refractivity contribution >= 4 is 23.0 Å². The van der Waals surface area contributed by atoms with E-state index in [-0.39, 0.29) is 17.8 Å². The number of aryl methyl sites for hydroxylation is 2. The van der Waals surface area contributed by atoms with Gasteiger partial charge >= 0.3 is 0 Å². The zero-order valence-electron chi connectivity index (χ0n) is 19.6. The summed E-state index contributed by atoms with van der Waals surface area (Å²) in [6, 6.07) is 24.1. The minimum atomic E-state index is -0.0895.